The van der Waals surface area contributed by atoms with Gasteiger partial charge in [0.25, 0.3) is 18.2 Å². The molecule has 264 valence electrons. The maximum atomic E-state index is 14.0. The van der Waals surface area contributed by atoms with Crippen molar-refractivity contribution in [1.29, 1.82) is 0 Å². The molecule has 4 rings (SSSR count). The number of fused-ring (bicyclic) bond motifs is 1. The van der Waals surface area contributed by atoms with E-state index in [1.54, 1.807) is 0 Å². The Hall–Kier alpha value is -4.02. The van der Waals surface area contributed by atoms with Gasteiger partial charge in [0.2, 0.25) is 5.88 Å². The van der Waals surface area contributed by atoms with Crippen LogP contribution in [0, 0.1) is 5.92 Å². The van der Waals surface area contributed by atoms with E-state index in [0.717, 1.165) is 6.07 Å². The maximum absolute atomic E-state index is 14.0. The van der Waals surface area contributed by atoms with Crippen LogP contribution in [0.5, 0.6) is 5.88 Å². The third-order valence-corrected chi connectivity index (χ3v) is 8.35. The van der Waals surface area contributed by atoms with Crippen LogP contribution in [0.3, 0.4) is 0 Å². The number of hydrogen-bond acceptors (Lipinski definition) is 6. The largest absolute Gasteiger partial charge is 0.471 e. The predicted molar refractivity (Wildman–Crippen MR) is 156 cm³/mol. The molecule has 48 heavy (non-hydrogen) atoms. The van der Waals surface area contributed by atoms with E-state index in [1.165, 1.54) is 50.8 Å². The second-order valence-corrected chi connectivity index (χ2v) is 12.1. The van der Waals surface area contributed by atoms with Gasteiger partial charge in [-0.05, 0) is 62.8 Å². The Morgan fingerprint density at radius 3 is 2.27 bits per heavy atom. The van der Waals surface area contributed by atoms with Gasteiger partial charge in [-0.3, -0.25) is 9.59 Å². The molecule has 1 fully saturated rings. The van der Waals surface area contributed by atoms with Gasteiger partial charge < -0.3 is 24.7 Å². The number of nitrogens with one attached hydrogen (secondary N) is 2. The molecule has 2 aromatic heterocycles. The highest BCUT2D eigenvalue weighted by molar-refractivity contribution is 5.99. The van der Waals surface area contributed by atoms with Crippen LogP contribution in [-0.2, 0) is 35.7 Å². The first-order valence-corrected chi connectivity index (χ1v) is 15.0. The smallest absolute Gasteiger partial charge is 0.416 e. The standard InChI is InChI=1S/C31H35F8N5O4/c1-29(2,47-4)28(46)40-14-16-5-10-21(31(37,38)39)17(11-16)12-24-42-22-13-20(27(48-15-23(32)33)43-25(22)44(24)3)26(45)41-19-8-6-18(7-9-19)30(34,35)36/h5,10-11,13,18-19,23H,6-9,12,14-15H2,1-4H3,(H,40,46)(H,41,45). The molecule has 1 aliphatic rings. The number of hydrogen-bond donors (Lipinski definition) is 2. The van der Waals surface area contributed by atoms with Crippen molar-refractivity contribution in [1.82, 2.24) is 25.2 Å². The maximum Gasteiger partial charge on any atom is 0.416 e. The van der Waals surface area contributed by atoms with Gasteiger partial charge in [-0.1, -0.05) is 12.1 Å². The number of carbonyl (C=O) groups excluding carboxylic acids is 2. The van der Waals surface area contributed by atoms with Crippen molar-refractivity contribution in [2.45, 2.75) is 82.9 Å². The molecule has 0 atom stereocenters. The molecule has 0 aliphatic heterocycles. The summed E-state index contributed by atoms with van der Waals surface area (Å²) >= 11 is 0. The fraction of sp³-hybridized carbons (Fsp3) is 0.548. The first-order chi connectivity index (χ1) is 22.3. The van der Waals surface area contributed by atoms with Gasteiger partial charge in [-0.25, -0.2) is 13.8 Å². The molecule has 0 spiro atoms. The Labute approximate surface area is 270 Å². The quantitative estimate of drug-likeness (QED) is 0.235. The van der Waals surface area contributed by atoms with Crippen molar-refractivity contribution in [2.75, 3.05) is 13.7 Å². The molecule has 3 aromatic rings. The van der Waals surface area contributed by atoms with E-state index in [4.69, 9.17) is 9.47 Å². The number of ether oxygens (including phenoxy) is 2. The van der Waals surface area contributed by atoms with E-state index >= 15 is 0 Å². The number of aryl methyl sites for hydroxylation is 1. The van der Waals surface area contributed by atoms with Crippen LogP contribution in [0.4, 0.5) is 35.1 Å². The molecule has 0 unspecified atom stereocenters. The number of nitrogens with zero attached hydrogens (tertiary/aromatic N) is 3. The number of aromatic nitrogens is 3. The molecule has 1 aromatic carbocycles. The highest BCUT2D eigenvalue weighted by atomic mass is 19.4. The number of amides is 2. The minimum Gasteiger partial charge on any atom is -0.471 e. The summed E-state index contributed by atoms with van der Waals surface area (Å²) in [6, 6.07) is 3.97. The first-order valence-electron chi connectivity index (χ1n) is 15.0. The molecule has 2 heterocycles. The minimum atomic E-state index is -4.74. The van der Waals surface area contributed by atoms with Gasteiger partial charge in [0.05, 0.1) is 11.5 Å². The summed E-state index contributed by atoms with van der Waals surface area (Å²) in [4.78, 5) is 34.2. The van der Waals surface area contributed by atoms with Crippen molar-refractivity contribution in [2.24, 2.45) is 13.0 Å². The Morgan fingerprint density at radius 1 is 1.02 bits per heavy atom. The second-order valence-electron chi connectivity index (χ2n) is 12.1. The zero-order chi connectivity index (χ0) is 35.6. The third kappa shape index (κ3) is 8.71. The van der Waals surface area contributed by atoms with Gasteiger partial charge in [0.1, 0.15) is 22.5 Å². The lowest BCUT2D eigenvalue weighted by molar-refractivity contribution is -0.182. The number of halogens is 8. The number of methoxy groups -OCH3 is 1. The molecule has 1 aliphatic carbocycles. The van der Waals surface area contributed by atoms with E-state index in [2.05, 4.69) is 20.6 Å². The van der Waals surface area contributed by atoms with Crippen molar-refractivity contribution in [3.8, 4) is 5.88 Å². The summed E-state index contributed by atoms with van der Waals surface area (Å²) < 4.78 is 119. The zero-order valence-electron chi connectivity index (χ0n) is 26.5. The summed E-state index contributed by atoms with van der Waals surface area (Å²) in [5.74, 6) is -3.21. The summed E-state index contributed by atoms with van der Waals surface area (Å²) in [5, 5.41) is 5.23. The van der Waals surface area contributed by atoms with Crippen LogP contribution in [0.25, 0.3) is 11.2 Å². The van der Waals surface area contributed by atoms with Crippen LogP contribution in [0.15, 0.2) is 24.3 Å². The lowest BCUT2D eigenvalue weighted by atomic mass is 9.85. The Balaban J connectivity index is 1.64. The highest BCUT2D eigenvalue weighted by Crippen LogP contribution is 2.38. The van der Waals surface area contributed by atoms with Crippen LogP contribution < -0.4 is 15.4 Å². The summed E-state index contributed by atoms with van der Waals surface area (Å²) in [5.41, 5.74) is -2.18. The van der Waals surface area contributed by atoms with Crippen LogP contribution >= 0.6 is 0 Å². The Kier molecular flexibility index (Phi) is 10.9. The molecule has 0 saturated heterocycles. The lowest BCUT2D eigenvalue weighted by Gasteiger charge is -2.30. The van der Waals surface area contributed by atoms with Gasteiger partial charge in [0.15, 0.2) is 12.3 Å². The number of carbonyl (C=O) groups is 2. The van der Waals surface area contributed by atoms with Crippen molar-refractivity contribution in [3.63, 3.8) is 0 Å². The summed E-state index contributed by atoms with van der Waals surface area (Å²) in [6.45, 7) is 1.84. The Bertz CT molecular complexity index is 1630. The fourth-order valence-corrected chi connectivity index (χ4v) is 5.38. The Morgan fingerprint density at radius 2 is 1.69 bits per heavy atom. The molecular formula is C31H35F8N5O4. The van der Waals surface area contributed by atoms with Crippen LogP contribution in [0.1, 0.15) is 72.4 Å². The molecule has 2 N–H and O–H groups in total. The van der Waals surface area contributed by atoms with Crippen molar-refractivity contribution < 1.29 is 54.2 Å². The number of alkyl halides is 8. The summed E-state index contributed by atoms with van der Waals surface area (Å²) in [7, 11) is 2.79. The molecule has 2 amide bonds. The van der Waals surface area contributed by atoms with E-state index in [0.29, 0.717) is 5.56 Å². The van der Waals surface area contributed by atoms with E-state index in [9.17, 15) is 44.7 Å². The molecule has 0 radical (unpaired) electrons. The number of rotatable bonds is 11. The van der Waals surface area contributed by atoms with E-state index in [1.807, 2.05) is 0 Å². The fourth-order valence-electron chi connectivity index (χ4n) is 5.38. The van der Waals surface area contributed by atoms with Gasteiger partial charge in [-0.2, -0.15) is 31.3 Å². The van der Waals surface area contributed by atoms with E-state index < -0.39 is 66.2 Å². The highest BCUT2D eigenvalue weighted by Gasteiger charge is 2.42. The average Bonchev–Trinajstić information content (AvgIpc) is 3.30. The normalized spacial score (nSPS) is 17.5. The van der Waals surface area contributed by atoms with Gasteiger partial charge in [-0.15, -0.1) is 0 Å². The second kappa shape index (κ2) is 14.2. The van der Waals surface area contributed by atoms with Gasteiger partial charge >= 0.3 is 12.4 Å². The average molecular weight is 694 g/mol. The molecule has 1 saturated carbocycles. The molecule has 17 heteroatoms. The minimum absolute atomic E-state index is 0.0234. The molecule has 9 nitrogen and oxygen atoms in total. The lowest BCUT2D eigenvalue weighted by Crippen LogP contribution is -2.43. The number of benzene rings is 1. The monoisotopic (exact) mass is 693 g/mol. The van der Waals surface area contributed by atoms with Crippen LogP contribution in [-0.4, -0.2) is 64.3 Å². The first kappa shape index (κ1) is 36.8. The number of pyridine rings is 1. The number of imidazole rings is 1. The topological polar surface area (TPSA) is 107 Å². The van der Waals surface area contributed by atoms with Gasteiger partial charge in [0, 0.05) is 33.2 Å². The van der Waals surface area contributed by atoms with Crippen molar-refractivity contribution in [3.05, 3.63) is 52.3 Å². The van der Waals surface area contributed by atoms with Crippen LogP contribution in [0.2, 0.25) is 0 Å². The zero-order valence-corrected chi connectivity index (χ0v) is 26.5. The molecular weight excluding hydrogens is 658 g/mol. The third-order valence-electron chi connectivity index (χ3n) is 8.35. The predicted octanol–water partition coefficient (Wildman–Crippen LogP) is 6.11. The van der Waals surface area contributed by atoms with Crippen molar-refractivity contribution >= 4 is 23.0 Å². The summed E-state index contributed by atoms with van der Waals surface area (Å²) in [6.07, 6.45) is -12.7. The van der Waals surface area contributed by atoms with E-state index in [-0.39, 0.29) is 66.8 Å². The SMILES string of the molecule is COC(C)(C)C(=O)NCc1ccc(C(F)(F)F)c(Cc2nc3cc(C(=O)NC4CCC(C(F)(F)F)CC4)c(OCC(F)F)nc3n2C)c1. The molecule has 0 bridgehead atoms.